The zero-order valence-corrected chi connectivity index (χ0v) is 12.2. The van der Waals surface area contributed by atoms with Gasteiger partial charge < -0.3 is 15.2 Å². The zero-order valence-electron chi connectivity index (χ0n) is 11.3. The van der Waals surface area contributed by atoms with E-state index in [1.54, 1.807) is 6.92 Å². The van der Waals surface area contributed by atoms with Crippen molar-refractivity contribution in [1.82, 2.24) is 4.72 Å². The molecule has 3 N–H and O–H groups in total. The molecular weight excluding hydrogens is 284 g/mol. The van der Waals surface area contributed by atoms with E-state index in [0.717, 1.165) is 0 Å². The van der Waals surface area contributed by atoms with Gasteiger partial charge in [0.2, 0.25) is 15.9 Å². The molecule has 7 nitrogen and oxygen atoms in total. The highest BCUT2D eigenvalue weighted by Gasteiger charge is 2.16. The number of carbonyl (C=O) groups is 1. The summed E-state index contributed by atoms with van der Waals surface area (Å²) in [5.41, 5.74) is 0.284. The number of hydrogen-bond donors (Lipinski definition) is 3. The summed E-state index contributed by atoms with van der Waals surface area (Å²) in [6.07, 6.45) is 0. The first-order chi connectivity index (χ1) is 9.40. The smallest absolute Gasteiger partial charge is 0.240 e. The Kier molecular flexibility index (Phi) is 5.93. The summed E-state index contributed by atoms with van der Waals surface area (Å²) < 4.78 is 31.4. The van der Waals surface area contributed by atoms with E-state index < -0.39 is 10.0 Å². The molecule has 1 rings (SSSR count). The van der Waals surface area contributed by atoms with Crippen LogP contribution in [0.4, 0.5) is 5.69 Å². The topological polar surface area (TPSA) is 105 Å². The maximum absolute atomic E-state index is 11.9. The molecule has 0 atom stereocenters. The van der Waals surface area contributed by atoms with Gasteiger partial charge in [0.15, 0.2) is 0 Å². The van der Waals surface area contributed by atoms with E-state index in [1.807, 2.05) is 0 Å². The fourth-order valence-corrected chi connectivity index (χ4v) is 2.56. The molecule has 20 heavy (non-hydrogen) atoms. The lowest BCUT2D eigenvalue weighted by Gasteiger charge is -2.13. The fraction of sp³-hybridized carbons (Fsp3) is 0.417. The summed E-state index contributed by atoms with van der Waals surface area (Å²) in [5.74, 6) is 0.0626. The summed E-state index contributed by atoms with van der Waals surface area (Å²) in [4.78, 5) is 11.1. The average molecular weight is 302 g/mol. The van der Waals surface area contributed by atoms with Crippen LogP contribution < -0.4 is 14.8 Å². The normalized spacial score (nSPS) is 11.2. The van der Waals surface area contributed by atoms with Gasteiger partial charge in [0, 0.05) is 13.5 Å². The van der Waals surface area contributed by atoms with E-state index in [1.165, 1.54) is 25.1 Å². The van der Waals surface area contributed by atoms with Gasteiger partial charge in [-0.2, -0.15) is 0 Å². The molecule has 0 aliphatic carbocycles. The van der Waals surface area contributed by atoms with Crippen LogP contribution in [0.3, 0.4) is 0 Å². The largest absolute Gasteiger partial charge is 0.492 e. The summed E-state index contributed by atoms with van der Waals surface area (Å²) in [6.45, 7) is 3.12. The Balaban J connectivity index is 3.14. The molecule has 0 heterocycles. The maximum atomic E-state index is 11.9. The number of nitrogens with one attached hydrogen (secondary N) is 2. The standard InChI is InChI=1S/C12H18N2O5S/c1-3-19-12-5-4-10(8-11(12)14-9(2)16)20(17,18)13-6-7-15/h4-5,8,13,15H,3,6-7H2,1-2H3,(H,14,16). The van der Waals surface area contributed by atoms with Crippen LogP contribution in [0.2, 0.25) is 0 Å². The third-order valence-corrected chi connectivity index (χ3v) is 3.73. The highest BCUT2D eigenvalue weighted by atomic mass is 32.2. The van der Waals surface area contributed by atoms with Gasteiger partial charge in [0.25, 0.3) is 0 Å². The molecule has 1 amide bonds. The van der Waals surface area contributed by atoms with Crippen LogP contribution in [0.15, 0.2) is 23.1 Å². The fourth-order valence-electron chi connectivity index (χ4n) is 1.51. The summed E-state index contributed by atoms with van der Waals surface area (Å²) in [6, 6.07) is 4.16. The second kappa shape index (κ2) is 7.22. The number of sulfonamides is 1. The van der Waals surface area contributed by atoms with Crippen LogP contribution in [0, 0.1) is 0 Å². The molecular formula is C12H18N2O5S. The number of amides is 1. The molecule has 0 saturated heterocycles. The van der Waals surface area contributed by atoms with Crippen molar-refractivity contribution in [2.24, 2.45) is 0 Å². The first kappa shape index (κ1) is 16.4. The van der Waals surface area contributed by atoms with Crippen LogP contribution in [0.1, 0.15) is 13.8 Å². The molecule has 112 valence electrons. The predicted octanol–water partition coefficient (Wildman–Crippen LogP) is 0.314. The molecule has 0 aliphatic heterocycles. The van der Waals surface area contributed by atoms with Crippen LogP contribution in [-0.2, 0) is 14.8 Å². The molecule has 0 bridgehead atoms. The van der Waals surface area contributed by atoms with Crippen molar-refractivity contribution in [3.8, 4) is 5.75 Å². The van der Waals surface area contributed by atoms with E-state index in [0.29, 0.717) is 12.4 Å². The molecule has 0 radical (unpaired) electrons. The molecule has 0 spiro atoms. The van der Waals surface area contributed by atoms with Crippen LogP contribution in [0.5, 0.6) is 5.75 Å². The van der Waals surface area contributed by atoms with Crippen LogP contribution in [0.25, 0.3) is 0 Å². The minimum atomic E-state index is -3.73. The Morgan fingerprint density at radius 2 is 2.10 bits per heavy atom. The quantitative estimate of drug-likeness (QED) is 0.672. The van der Waals surface area contributed by atoms with Crippen molar-refractivity contribution < 1.29 is 23.1 Å². The number of aliphatic hydroxyl groups is 1. The Morgan fingerprint density at radius 3 is 2.65 bits per heavy atom. The predicted molar refractivity (Wildman–Crippen MR) is 74.2 cm³/mol. The van der Waals surface area contributed by atoms with Crippen molar-refractivity contribution in [2.45, 2.75) is 18.7 Å². The lowest BCUT2D eigenvalue weighted by molar-refractivity contribution is -0.114. The van der Waals surface area contributed by atoms with Gasteiger partial charge in [0.05, 0.1) is 23.8 Å². The molecule has 0 aliphatic rings. The first-order valence-corrected chi connectivity index (χ1v) is 7.54. The van der Waals surface area contributed by atoms with E-state index in [2.05, 4.69) is 10.0 Å². The number of ether oxygens (including phenoxy) is 1. The lowest BCUT2D eigenvalue weighted by Crippen LogP contribution is -2.26. The van der Waals surface area contributed by atoms with Crippen LogP contribution >= 0.6 is 0 Å². The van der Waals surface area contributed by atoms with Gasteiger partial charge in [0.1, 0.15) is 5.75 Å². The molecule has 1 aromatic rings. The molecule has 1 aromatic carbocycles. The number of carbonyl (C=O) groups excluding carboxylic acids is 1. The van der Waals surface area contributed by atoms with Gasteiger partial charge >= 0.3 is 0 Å². The number of anilines is 1. The van der Waals surface area contributed by atoms with Gasteiger partial charge in [-0.05, 0) is 25.1 Å². The second-order valence-corrected chi connectivity index (χ2v) is 5.66. The Labute approximate surface area is 118 Å². The molecule has 8 heteroatoms. The molecule has 0 saturated carbocycles. The summed E-state index contributed by atoms with van der Waals surface area (Å²) in [5, 5.41) is 11.2. The van der Waals surface area contributed by atoms with Gasteiger partial charge in [-0.25, -0.2) is 13.1 Å². The highest BCUT2D eigenvalue weighted by molar-refractivity contribution is 7.89. The maximum Gasteiger partial charge on any atom is 0.240 e. The summed E-state index contributed by atoms with van der Waals surface area (Å²) >= 11 is 0. The van der Waals surface area contributed by atoms with Crippen molar-refractivity contribution >= 4 is 21.6 Å². The van der Waals surface area contributed by atoms with E-state index >= 15 is 0 Å². The Morgan fingerprint density at radius 1 is 1.40 bits per heavy atom. The zero-order chi connectivity index (χ0) is 15.2. The van der Waals surface area contributed by atoms with Gasteiger partial charge in [-0.15, -0.1) is 0 Å². The Bertz CT molecular complexity index is 571. The molecule has 0 fully saturated rings. The molecule has 0 unspecified atom stereocenters. The van der Waals surface area contributed by atoms with Crippen molar-refractivity contribution in [1.29, 1.82) is 0 Å². The highest BCUT2D eigenvalue weighted by Crippen LogP contribution is 2.27. The summed E-state index contributed by atoms with van der Waals surface area (Å²) in [7, 11) is -3.73. The number of aliphatic hydroxyl groups excluding tert-OH is 1. The lowest BCUT2D eigenvalue weighted by atomic mass is 10.3. The molecule has 0 aromatic heterocycles. The SMILES string of the molecule is CCOc1ccc(S(=O)(=O)NCCO)cc1NC(C)=O. The second-order valence-electron chi connectivity index (χ2n) is 3.89. The van der Waals surface area contributed by atoms with Crippen LogP contribution in [-0.4, -0.2) is 39.2 Å². The first-order valence-electron chi connectivity index (χ1n) is 6.05. The Hall–Kier alpha value is -1.64. The van der Waals surface area contributed by atoms with Crippen molar-refractivity contribution in [3.63, 3.8) is 0 Å². The number of rotatable bonds is 7. The van der Waals surface area contributed by atoms with Crippen molar-refractivity contribution in [3.05, 3.63) is 18.2 Å². The third-order valence-electron chi connectivity index (χ3n) is 2.28. The number of hydrogen-bond acceptors (Lipinski definition) is 5. The minimum Gasteiger partial charge on any atom is -0.492 e. The third kappa shape index (κ3) is 4.48. The van der Waals surface area contributed by atoms with Gasteiger partial charge in [-0.3, -0.25) is 4.79 Å². The number of benzene rings is 1. The minimum absolute atomic E-state index is 0.0156. The van der Waals surface area contributed by atoms with Gasteiger partial charge in [-0.1, -0.05) is 0 Å². The average Bonchev–Trinajstić information content (AvgIpc) is 2.38. The van der Waals surface area contributed by atoms with Crippen molar-refractivity contribution in [2.75, 3.05) is 25.1 Å². The monoisotopic (exact) mass is 302 g/mol. The van der Waals surface area contributed by atoms with E-state index in [4.69, 9.17) is 9.84 Å². The van der Waals surface area contributed by atoms with E-state index in [9.17, 15) is 13.2 Å². The van der Waals surface area contributed by atoms with E-state index in [-0.39, 0.29) is 29.6 Å².